The van der Waals surface area contributed by atoms with Gasteiger partial charge in [-0.15, -0.1) is 0 Å². The molecular formula is C13H26S. The van der Waals surface area contributed by atoms with Crippen molar-refractivity contribution in [3.05, 3.63) is 0 Å². The van der Waals surface area contributed by atoms with Crippen molar-refractivity contribution in [2.24, 2.45) is 17.8 Å². The summed E-state index contributed by atoms with van der Waals surface area (Å²) in [5.41, 5.74) is 0. The van der Waals surface area contributed by atoms with E-state index in [2.05, 4.69) is 27.0 Å². The molecule has 1 heteroatoms. The molecule has 2 rings (SSSR count). The second-order valence-electron chi connectivity index (χ2n) is 5.81. The molecular weight excluding hydrogens is 188 g/mol. The second kappa shape index (κ2) is 3.73. The Morgan fingerprint density at radius 1 is 1.21 bits per heavy atom. The molecule has 0 aromatic rings. The molecule has 0 radical (unpaired) electrons. The second-order valence-corrected chi connectivity index (χ2v) is 9.87. The van der Waals surface area contributed by atoms with Crippen molar-refractivity contribution in [1.29, 1.82) is 0 Å². The lowest BCUT2D eigenvalue weighted by Crippen LogP contribution is -2.26. The Morgan fingerprint density at radius 2 is 1.79 bits per heavy atom. The summed E-state index contributed by atoms with van der Waals surface area (Å²) in [6.07, 6.45) is 7.09. The molecule has 0 bridgehead atoms. The van der Waals surface area contributed by atoms with Crippen LogP contribution in [0.1, 0.15) is 40.0 Å². The highest BCUT2D eigenvalue weighted by Gasteiger charge is 2.49. The monoisotopic (exact) mass is 214 g/mol. The molecule has 0 N–H and O–H groups in total. The van der Waals surface area contributed by atoms with Gasteiger partial charge in [-0.05, 0) is 53.6 Å². The Balaban J connectivity index is 2.02. The van der Waals surface area contributed by atoms with Gasteiger partial charge >= 0.3 is 0 Å². The quantitative estimate of drug-likeness (QED) is 0.609. The van der Waals surface area contributed by atoms with Crippen molar-refractivity contribution in [3.8, 4) is 0 Å². The molecule has 3 unspecified atom stereocenters. The van der Waals surface area contributed by atoms with E-state index in [-0.39, 0.29) is 10.0 Å². The van der Waals surface area contributed by atoms with E-state index in [4.69, 9.17) is 0 Å². The van der Waals surface area contributed by atoms with Gasteiger partial charge in [0.25, 0.3) is 0 Å². The normalized spacial score (nSPS) is 33.1. The fourth-order valence-electron chi connectivity index (χ4n) is 2.94. The molecule has 2 aliphatic rings. The van der Waals surface area contributed by atoms with Gasteiger partial charge in [0.2, 0.25) is 0 Å². The highest BCUT2D eigenvalue weighted by molar-refractivity contribution is 8.39. The molecule has 1 heterocycles. The van der Waals surface area contributed by atoms with Gasteiger partial charge in [0, 0.05) is 0 Å². The number of hydrogen-bond donors (Lipinski definition) is 0. The van der Waals surface area contributed by atoms with Gasteiger partial charge in [-0.3, -0.25) is 0 Å². The summed E-state index contributed by atoms with van der Waals surface area (Å²) in [5.74, 6) is 6.27. The van der Waals surface area contributed by atoms with Crippen molar-refractivity contribution < 1.29 is 0 Å². The molecule has 0 nitrogen and oxygen atoms in total. The van der Waals surface area contributed by atoms with Gasteiger partial charge in [0.15, 0.2) is 0 Å². The van der Waals surface area contributed by atoms with Crippen molar-refractivity contribution >= 4 is 10.0 Å². The molecule has 0 amide bonds. The summed E-state index contributed by atoms with van der Waals surface area (Å²) in [6.45, 7) is 7.36. The van der Waals surface area contributed by atoms with Gasteiger partial charge in [0.05, 0.1) is 0 Å². The minimum Gasteiger partial charge on any atom is -0.239 e. The summed E-state index contributed by atoms with van der Waals surface area (Å²) in [5, 5.41) is 1.14. The highest BCUT2D eigenvalue weighted by Crippen LogP contribution is 2.69. The largest absolute Gasteiger partial charge is 0.239 e. The first-order valence-corrected chi connectivity index (χ1v) is 8.75. The third-order valence-electron chi connectivity index (χ3n) is 4.65. The van der Waals surface area contributed by atoms with Crippen molar-refractivity contribution in [2.75, 3.05) is 17.8 Å². The number of rotatable bonds is 5. The minimum atomic E-state index is -0.106. The summed E-state index contributed by atoms with van der Waals surface area (Å²) in [7, 11) is -0.106. The highest BCUT2D eigenvalue weighted by atomic mass is 32.3. The van der Waals surface area contributed by atoms with Gasteiger partial charge in [-0.2, -0.15) is 0 Å². The molecule has 0 spiro atoms. The average Bonchev–Trinajstić information content (AvgIpc) is 3.03. The van der Waals surface area contributed by atoms with Gasteiger partial charge < -0.3 is 0 Å². The molecule has 1 saturated carbocycles. The van der Waals surface area contributed by atoms with Crippen LogP contribution >= 0.6 is 10.0 Å². The molecule has 0 aromatic carbocycles. The minimum absolute atomic E-state index is 0.106. The summed E-state index contributed by atoms with van der Waals surface area (Å²) < 4.78 is 0. The molecule has 3 atom stereocenters. The maximum absolute atomic E-state index is 2.62. The van der Waals surface area contributed by atoms with E-state index in [1.807, 2.05) is 0 Å². The number of hydrogen-bond acceptors (Lipinski definition) is 0. The lowest BCUT2D eigenvalue weighted by Gasteiger charge is -2.36. The topological polar surface area (TPSA) is 0 Å². The van der Waals surface area contributed by atoms with E-state index in [9.17, 15) is 0 Å². The van der Waals surface area contributed by atoms with E-state index in [0.717, 1.165) is 23.0 Å². The third-order valence-corrected chi connectivity index (χ3v) is 8.48. The zero-order valence-corrected chi connectivity index (χ0v) is 11.1. The molecule has 84 valence electrons. The van der Waals surface area contributed by atoms with Crippen LogP contribution in [0.5, 0.6) is 0 Å². The van der Waals surface area contributed by atoms with Gasteiger partial charge in [-0.1, -0.05) is 27.2 Å². The predicted molar refractivity (Wildman–Crippen MR) is 68.4 cm³/mol. The van der Waals surface area contributed by atoms with Crippen molar-refractivity contribution in [2.45, 2.75) is 45.3 Å². The van der Waals surface area contributed by atoms with Gasteiger partial charge in [0.1, 0.15) is 0 Å². The fourth-order valence-corrected chi connectivity index (χ4v) is 7.04. The Bertz CT molecular complexity index is 203. The van der Waals surface area contributed by atoms with Crippen LogP contribution in [0, 0.1) is 17.8 Å². The SMILES string of the molecule is CCC(C)C(C)C(C1CC1)S1(C)CC1. The van der Waals surface area contributed by atoms with Crippen LogP contribution in [0.3, 0.4) is 0 Å². The van der Waals surface area contributed by atoms with E-state index < -0.39 is 0 Å². The van der Waals surface area contributed by atoms with Crippen LogP contribution in [-0.4, -0.2) is 23.0 Å². The lowest BCUT2D eigenvalue weighted by atomic mass is 9.88. The zero-order chi connectivity index (χ0) is 10.3. The van der Waals surface area contributed by atoms with E-state index in [1.54, 1.807) is 24.3 Å². The standard InChI is InChI=1S/C13H26S/c1-5-10(2)11(3)13(12-6-7-12)14(4)8-9-14/h10-13H,5-9H2,1-4H3. The van der Waals surface area contributed by atoms with Gasteiger partial charge in [-0.25, -0.2) is 10.0 Å². The first kappa shape index (κ1) is 10.9. The first-order chi connectivity index (χ1) is 6.58. The molecule has 0 aromatic heterocycles. The van der Waals surface area contributed by atoms with E-state index in [1.165, 1.54) is 6.42 Å². The Hall–Kier alpha value is 0.350. The van der Waals surface area contributed by atoms with Crippen molar-refractivity contribution in [1.82, 2.24) is 0 Å². The Labute approximate surface area is 91.2 Å². The predicted octanol–water partition coefficient (Wildman–Crippen LogP) is 3.90. The molecule has 1 aliphatic heterocycles. The molecule has 1 aliphatic carbocycles. The third kappa shape index (κ3) is 1.98. The van der Waals surface area contributed by atoms with E-state index in [0.29, 0.717) is 0 Å². The average molecular weight is 214 g/mol. The van der Waals surface area contributed by atoms with Crippen LogP contribution in [0.2, 0.25) is 0 Å². The maximum Gasteiger partial charge on any atom is -0.00570 e. The zero-order valence-electron chi connectivity index (χ0n) is 10.3. The van der Waals surface area contributed by atoms with Crippen LogP contribution in [0.4, 0.5) is 0 Å². The summed E-state index contributed by atoms with van der Waals surface area (Å²) >= 11 is 0. The Kier molecular flexibility index (Phi) is 2.90. The van der Waals surface area contributed by atoms with Crippen LogP contribution in [-0.2, 0) is 0 Å². The fraction of sp³-hybridized carbons (Fsp3) is 1.00. The lowest BCUT2D eigenvalue weighted by molar-refractivity contribution is 0.348. The Morgan fingerprint density at radius 3 is 2.14 bits per heavy atom. The molecule has 2 fully saturated rings. The first-order valence-electron chi connectivity index (χ1n) is 6.31. The summed E-state index contributed by atoms with van der Waals surface area (Å²) in [4.78, 5) is 0. The van der Waals surface area contributed by atoms with Crippen molar-refractivity contribution in [3.63, 3.8) is 0 Å². The van der Waals surface area contributed by atoms with Crippen LogP contribution in [0.25, 0.3) is 0 Å². The maximum atomic E-state index is 2.62. The van der Waals surface area contributed by atoms with Crippen LogP contribution in [0.15, 0.2) is 0 Å². The van der Waals surface area contributed by atoms with E-state index >= 15 is 0 Å². The molecule has 1 saturated heterocycles. The smallest absolute Gasteiger partial charge is 0.00570 e. The van der Waals surface area contributed by atoms with Crippen LogP contribution < -0.4 is 0 Å². The summed E-state index contributed by atoms with van der Waals surface area (Å²) in [6, 6.07) is 0. The molecule has 14 heavy (non-hydrogen) atoms.